The zero-order chi connectivity index (χ0) is 53.4. The van der Waals surface area contributed by atoms with E-state index in [2.05, 4.69) is 132 Å². The Morgan fingerprint density at radius 1 is 0.587 bits per heavy atom. The third kappa shape index (κ3) is 17.7. The van der Waals surface area contributed by atoms with Gasteiger partial charge in [0.05, 0.1) is 12.1 Å². The Balaban J connectivity index is 0.000000244. The zero-order valence-electron chi connectivity index (χ0n) is 45.2. The maximum atomic E-state index is 13.8. The molecule has 2 saturated heterocycles. The van der Waals surface area contributed by atoms with E-state index in [4.69, 9.17) is 11.5 Å². The zero-order valence-corrected chi connectivity index (χ0v) is 45.2. The number of carbonyl (C=O) groups excluding carboxylic acids is 4. The second-order valence-electron chi connectivity index (χ2n) is 20.6. The SMILES string of the molecule is CCCCC(CC)C(=O)NC[C@@H]1CCN(CC(c2ccccc2)c2ccccc2)C(=O)[C@H](CCCN)N1.Cc1ccc(C(=O)NC[C@@H]2CCN(CC(c3ccccc3)c3ccccc3)C(=O)[C@H](CCCN)N2)cc1C. The van der Waals surface area contributed by atoms with Gasteiger partial charge in [0, 0.05) is 74.7 Å². The first-order valence-electron chi connectivity index (χ1n) is 27.9. The van der Waals surface area contributed by atoms with Gasteiger partial charge in [-0.2, -0.15) is 0 Å². The van der Waals surface area contributed by atoms with E-state index in [9.17, 15) is 19.2 Å². The molecule has 0 bridgehead atoms. The summed E-state index contributed by atoms with van der Waals surface area (Å²) in [6.07, 6.45) is 8.44. The molecule has 2 heterocycles. The lowest BCUT2D eigenvalue weighted by Gasteiger charge is -2.29. The van der Waals surface area contributed by atoms with Crippen LogP contribution in [0.25, 0.3) is 0 Å². The summed E-state index contributed by atoms with van der Waals surface area (Å²) in [5, 5.41) is 13.4. The third-order valence-corrected chi connectivity index (χ3v) is 15.2. The number of rotatable bonds is 24. The molecule has 4 amide bonds. The van der Waals surface area contributed by atoms with Crippen LogP contribution in [0, 0.1) is 19.8 Å². The molecule has 0 spiro atoms. The Morgan fingerprint density at radius 3 is 1.40 bits per heavy atom. The smallest absolute Gasteiger partial charge is 0.251 e. The lowest BCUT2D eigenvalue weighted by Crippen LogP contribution is -2.49. The number of hydrogen-bond acceptors (Lipinski definition) is 8. The van der Waals surface area contributed by atoms with Gasteiger partial charge in [0.25, 0.3) is 5.91 Å². The molecule has 0 radical (unpaired) electrons. The number of hydrogen-bond donors (Lipinski definition) is 6. The van der Waals surface area contributed by atoms with Crippen molar-refractivity contribution >= 4 is 23.6 Å². The minimum absolute atomic E-state index is 0.00544. The summed E-state index contributed by atoms with van der Waals surface area (Å²) in [6, 6.07) is 46.8. The molecule has 75 heavy (non-hydrogen) atoms. The molecule has 5 atom stereocenters. The van der Waals surface area contributed by atoms with Crippen molar-refractivity contribution in [2.75, 3.05) is 52.4 Å². The fraction of sp³-hybridized carbons (Fsp3) is 0.460. The van der Waals surface area contributed by atoms with Crippen molar-refractivity contribution in [2.24, 2.45) is 17.4 Å². The van der Waals surface area contributed by atoms with Gasteiger partial charge in [0.2, 0.25) is 17.7 Å². The van der Waals surface area contributed by atoms with Crippen molar-refractivity contribution in [2.45, 2.75) is 128 Å². The summed E-state index contributed by atoms with van der Waals surface area (Å²) in [5.41, 5.74) is 19.3. The van der Waals surface area contributed by atoms with Crippen LogP contribution in [0.15, 0.2) is 140 Å². The van der Waals surface area contributed by atoms with Crippen LogP contribution in [0.2, 0.25) is 0 Å². The van der Waals surface area contributed by atoms with Crippen LogP contribution in [-0.2, 0) is 14.4 Å². The van der Waals surface area contributed by atoms with Crippen molar-refractivity contribution in [1.82, 2.24) is 31.1 Å². The van der Waals surface area contributed by atoms with E-state index in [-0.39, 0.29) is 65.5 Å². The highest BCUT2D eigenvalue weighted by atomic mass is 16.2. The van der Waals surface area contributed by atoms with Crippen molar-refractivity contribution in [1.29, 1.82) is 0 Å². The van der Waals surface area contributed by atoms with Crippen LogP contribution in [0.5, 0.6) is 0 Å². The van der Waals surface area contributed by atoms with Gasteiger partial charge < -0.3 is 42.5 Å². The first-order chi connectivity index (χ1) is 36.5. The molecular weight excluding hydrogens is 933 g/mol. The molecule has 12 nitrogen and oxygen atoms in total. The predicted octanol–water partition coefficient (Wildman–Crippen LogP) is 8.61. The molecule has 0 saturated carbocycles. The molecule has 8 N–H and O–H groups in total. The van der Waals surface area contributed by atoms with Gasteiger partial charge in [-0.1, -0.05) is 154 Å². The standard InChI is InChI=1S/C32H40N4O2.C31H46N4O2/c1-23-15-16-27(20-24(23)2)31(37)34-21-28-17-19-36(32(38)30(35-28)14-9-18-33)22-29(25-10-5-3-6-11-25)26-12-7-4-8-13-26;1-3-5-13-24(4-2)30(36)33-22-27-19-21-35(31(37)29(34-27)18-12-20-32)23-28(25-14-8-6-9-15-25)26-16-10-7-11-17-26/h3-8,10-13,15-16,20,28-30,35H,9,14,17-19,21-22,33H2,1-2H3,(H,34,37);6-11,14-17,24,27-29,34H,3-5,12-13,18-23,32H2,1-2H3,(H,33,36)/t28-,30-;24?,27-,29-/m00/s1. The number of unbranched alkanes of at least 4 members (excludes halogenated alkanes) is 1. The van der Waals surface area contributed by atoms with Gasteiger partial charge >= 0.3 is 0 Å². The average molecular weight is 1020 g/mol. The van der Waals surface area contributed by atoms with E-state index >= 15 is 0 Å². The number of amides is 4. The molecular formula is C63H86N8O4. The Hall–Kier alpha value is -6.18. The summed E-state index contributed by atoms with van der Waals surface area (Å²) >= 11 is 0. The van der Waals surface area contributed by atoms with E-state index in [1.165, 1.54) is 22.3 Å². The fourth-order valence-corrected chi connectivity index (χ4v) is 10.4. The van der Waals surface area contributed by atoms with Gasteiger partial charge in [-0.25, -0.2) is 0 Å². The van der Waals surface area contributed by atoms with Gasteiger partial charge in [-0.15, -0.1) is 0 Å². The van der Waals surface area contributed by atoms with Crippen LogP contribution in [0.1, 0.15) is 134 Å². The van der Waals surface area contributed by atoms with Crippen molar-refractivity contribution in [3.63, 3.8) is 0 Å². The highest BCUT2D eigenvalue weighted by molar-refractivity contribution is 5.94. The number of nitrogens with zero attached hydrogens (tertiary/aromatic N) is 2. The van der Waals surface area contributed by atoms with Gasteiger partial charge in [0.1, 0.15) is 0 Å². The molecule has 402 valence electrons. The molecule has 1 unspecified atom stereocenters. The minimum atomic E-state index is -0.322. The van der Waals surface area contributed by atoms with E-state index in [1.807, 2.05) is 66.1 Å². The first-order valence-corrected chi connectivity index (χ1v) is 27.9. The van der Waals surface area contributed by atoms with Crippen molar-refractivity contribution in [3.8, 4) is 0 Å². The second kappa shape index (κ2) is 31.0. The Labute approximate surface area is 448 Å². The Bertz CT molecular complexity index is 2400. The van der Waals surface area contributed by atoms with Crippen molar-refractivity contribution < 1.29 is 19.2 Å². The van der Waals surface area contributed by atoms with Gasteiger partial charge in [0.15, 0.2) is 0 Å². The van der Waals surface area contributed by atoms with Crippen LogP contribution >= 0.6 is 0 Å². The maximum absolute atomic E-state index is 13.8. The molecule has 2 fully saturated rings. The quantitative estimate of drug-likeness (QED) is 0.0356. The Kier molecular flexibility index (Phi) is 24.0. The fourth-order valence-electron chi connectivity index (χ4n) is 10.4. The number of nitrogens with one attached hydrogen (secondary N) is 4. The summed E-state index contributed by atoms with van der Waals surface area (Å²) in [6.45, 7) is 12.9. The predicted molar refractivity (Wildman–Crippen MR) is 304 cm³/mol. The number of aryl methyl sites for hydroxylation is 2. The summed E-state index contributed by atoms with van der Waals surface area (Å²) < 4.78 is 0. The monoisotopic (exact) mass is 1020 g/mol. The normalized spacial score (nSPS) is 18.5. The number of nitrogens with two attached hydrogens (primary N) is 2. The van der Waals surface area contributed by atoms with E-state index in [1.54, 1.807) is 0 Å². The maximum Gasteiger partial charge on any atom is 0.251 e. The molecule has 5 aromatic carbocycles. The van der Waals surface area contributed by atoms with Crippen LogP contribution in [-0.4, -0.2) is 110 Å². The molecule has 2 aliphatic heterocycles. The topological polar surface area (TPSA) is 175 Å². The molecule has 7 rings (SSSR count). The lowest BCUT2D eigenvalue weighted by molar-refractivity contribution is -0.133. The average Bonchev–Trinajstić information content (AvgIpc) is 3.69. The highest BCUT2D eigenvalue weighted by Gasteiger charge is 2.34. The minimum Gasteiger partial charge on any atom is -0.354 e. The van der Waals surface area contributed by atoms with Crippen molar-refractivity contribution in [3.05, 3.63) is 178 Å². The third-order valence-electron chi connectivity index (χ3n) is 15.2. The van der Waals surface area contributed by atoms with Crippen LogP contribution in [0.3, 0.4) is 0 Å². The number of carbonyl (C=O) groups is 4. The summed E-state index contributed by atoms with van der Waals surface area (Å²) in [7, 11) is 0. The second-order valence-corrected chi connectivity index (χ2v) is 20.6. The summed E-state index contributed by atoms with van der Waals surface area (Å²) in [5.74, 6) is 0.534. The van der Waals surface area contributed by atoms with Gasteiger partial charge in [-0.3, -0.25) is 19.2 Å². The Morgan fingerprint density at radius 2 is 1.01 bits per heavy atom. The molecule has 12 heteroatoms. The molecule has 5 aromatic rings. The van der Waals surface area contributed by atoms with Gasteiger partial charge in [-0.05, 0) is 124 Å². The largest absolute Gasteiger partial charge is 0.354 e. The first kappa shape index (κ1) is 58.1. The van der Waals surface area contributed by atoms with E-state index in [0.717, 1.165) is 62.5 Å². The van der Waals surface area contributed by atoms with E-state index in [0.29, 0.717) is 70.8 Å². The summed E-state index contributed by atoms with van der Waals surface area (Å²) in [4.78, 5) is 57.2. The number of benzene rings is 5. The van der Waals surface area contributed by atoms with Crippen LogP contribution < -0.4 is 32.7 Å². The molecule has 0 aliphatic carbocycles. The van der Waals surface area contributed by atoms with Crippen LogP contribution in [0.4, 0.5) is 0 Å². The molecule has 2 aliphatic rings. The van der Waals surface area contributed by atoms with E-state index < -0.39 is 0 Å². The lowest BCUT2D eigenvalue weighted by atomic mass is 9.90. The molecule has 0 aromatic heterocycles. The highest BCUT2D eigenvalue weighted by Crippen LogP contribution is 2.29.